The zero-order valence-electron chi connectivity index (χ0n) is 14.9. The fourth-order valence-electron chi connectivity index (χ4n) is 2.56. The van der Waals surface area contributed by atoms with Crippen molar-refractivity contribution < 1.29 is 30.7 Å². The average molecular weight is 479 g/mol. The van der Waals surface area contributed by atoms with Crippen molar-refractivity contribution in [2.75, 3.05) is 37.9 Å². The number of hydrogen-bond donors (Lipinski definition) is 1. The van der Waals surface area contributed by atoms with Crippen molar-refractivity contribution in [2.24, 2.45) is 0 Å². The highest BCUT2D eigenvalue weighted by Gasteiger charge is 2.12. The highest BCUT2D eigenvalue weighted by molar-refractivity contribution is 6.18. The molecule has 0 aliphatic rings. The third-order valence-corrected chi connectivity index (χ3v) is 4.25. The van der Waals surface area contributed by atoms with E-state index in [1.807, 2.05) is 16.8 Å². The van der Waals surface area contributed by atoms with Crippen LogP contribution in [0, 0.1) is 5.82 Å². The van der Waals surface area contributed by atoms with Gasteiger partial charge in [-0.1, -0.05) is 0 Å². The van der Waals surface area contributed by atoms with Crippen LogP contribution >= 0.6 is 23.2 Å². The minimum absolute atomic E-state index is 0. The van der Waals surface area contributed by atoms with Gasteiger partial charge in [0.25, 0.3) is 5.91 Å². The highest BCUT2D eigenvalue weighted by Crippen LogP contribution is 2.03. The summed E-state index contributed by atoms with van der Waals surface area (Å²) in [5.74, 6) is 0.680. The minimum Gasteiger partial charge on any atom is -1.00 e. The predicted molar refractivity (Wildman–Crippen MR) is 102 cm³/mol. The second-order valence-electron chi connectivity index (χ2n) is 5.87. The summed E-state index contributed by atoms with van der Waals surface area (Å²) in [6.45, 7) is 3.29. The molecule has 0 fully saturated rings. The lowest BCUT2D eigenvalue weighted by Crippen LogP contribution is -3.00. The molecule has 1 amide bonds. The maximum absolute atomic E-state index is 13.0. The third kappa shape index (κ3) is 8.56. The van der Waals surface area contributed by atoms with E-state index in [2.05, 4.69) is 10.2 Å². The smallest absolute Gasteiger partial charge is 0.257 e. The molecule has 1 N–H and O–H groups in total. The first-order valence-corrected chi connectivity index (χ1v) is 9.55. The Balaban J connectivity index is 0.00000364. The number of nitrogens with one attached hydrogen (secondary N) is 1. The molecular weight excluding hydrogens is 456 g/mol. The normalized spacial score (nSPS) is 10.5. The minimum atomic E-state index is -0.260. The fourth-order valence-corrected chi connectivity index (χ4v) is 3.04. The number of halogens is 4. The summed E-state index contributed by atoms with van der Waals surface area (Å²) in [5.41, 5.74) is 1.54. The molecule has 1 heterocycles. The molecule has 0 bridgehead atoms. The van der Waals surface area contributed by atoms with Gasteiger partial charge in [0, 0.05) is 49.6 Å². The number of benzene rings is 1. The molecule has 0 radical (unpaired) electrons. The summed E-state index contributed by atoms with van der Waals surface area (Å²) in [5, 5.41) is 2.92. The number of hydrogen-bond acceptors (Lipinski definition) is 2. The molecule has 0 saturated carbocycles. The van der Waals surface area contributed by atoms with Gasteiger partial charge < -0.3 is 22.3 Å². The van der Waals surface area contributed by atoms with E-state index in [1.54, 1.807) is 24.4 Å². The van der Waals surface area contributed by atoms with Crippen LogP contribution in [0.4, 0.5) is 4.39 Å². The van der Waals surface area contributed by atoms with Crippen molar-refractivity contribution in [3.63, 3.8) is 0 Å². The molecule has 148 valence electrons. The van der Waals surface area contributed by atoms with E-state index in [-0.39, 0.29) is 28.7 Å². The lowest BCUT2D eigenvalue weighted by molar-refractivity contribution is -0.688. The van der Waals surface area contributed by atoms with E-state index in [0.717, 1.165) is 18.7 Å². The van der Waals surface area contributed by atoms with E-state index < -0.39 is 0 Å². The average Bonchev–Trinajstić information content (AvgIpc) is 2.64. The second-order valence-corrected chi connectivity index (χ2v) is 6.62. The summed E-state index contributed by atoms with van der Waals surface area (Å²) in [7, 11) is 0. The van der Waals surface area contributed by atoms with Crippen molar-refractivity contribution in [3.8, 4) is 0 Å². The van der Waals surface area contributed by atoms with Crippen molar-refractivity contribution in [3.05, 3.63) is 65.7 Å². The van der Waals surface area contributed by atoms with E-state index >= 15 is 0 Å². The Labute approximate surface area is 180 Å². The molecule has 27 heavy (non-hydrogen) atoms. The first-order valence-electron chi connectivity index (χ1n) is 8.48. The molecule has 4 nitrogen and oxygen atoms in total. The van der Waals surface area contributed by atoms with Gasteiger partial charge in [-0.05, 0) is 30.3 Å². The Kier molecular flexibility index (Phi) is 11.5. The Morgan fingerprint density at radius 3 is 2.37 bits per heavy atom. The van der Waals surface area contributed by atoms with E-state index in [0.29, 0.717) is 37.0 Å². The number of pyridine rings is 1. The number of alkyl halides is 2. The molecule has 1 aromatic heterocycles. The summed E-state index contributed by atoms with van der Waals surface area (Å²) in [4.78, 5) is 14.5. The second kappa shape index (κ2) is 13.0. The van der Waals surface area contributed by atoms with Crippen molar-refractivity contribution >= 4 is 29.1 Å². The van der Waals surface area contributed by atoms with Gasteiger partial charge in [-0.15, -0.1) is 23.2 Å². The quantitative estimate of drug-likeness (QED) is 0.375. The zero-order chi connectivity index (χ0) is 18.8. The maximum Gasteiger partial charge on any atom is 0.257 e. The van der Waals surface area contributed by atoms with Gasteiger partial charge in [0.15, 0.2) is 18.9 Å². The number of aromatic nitrogens is 1. The van der Waals surface area contributed by atoms with Crippen LogP contribution < -0.4 is 26.9 Å². The topological polar surface area (TPSA) is 36.2 Å². The zero-order valence-corrected chi connectivity index (χ0v) is 18.0. The number of carbonyl (C=O) groups excluding carboxylic acids is 1. The van der Waals surface area contributed by atoms with Crippen LogP contribution in [0.15, 0.2) is 48.8 Å². The van der Waals surface area contributed by atoms with E-state index in [9.17, 15) is 9.18 Å². The van der Waals surface area contributed by atoms with E-state index in [4.69, 9.17) is 23.2 Å². The summed E-state index contributed by atoms with van der Waals surface area (Å²) in [6.07, 6.45) is 3.66. The van der Waals surface area contributed by atoms with Crippen molar-refractivity contribution in [1.82, 2.24) is 10.2 Å². The number of rotatable bonds is 10. The summed E-state index contributed by atoms with van der Waals surface area (Å²) in [6, 6.07) is 9.92. The molecule has 0 saturated heterocycles. The standard InChI is InChI=1S/C19H22Cl2FN3O.BrH/c20-7-11-24(12-8-21)13-9-23-19(26)17-2-1-10-25(15-17)14-16-3-5-18(22)6-4-16;/h1-6,10,15H,7-9,11-14H2;1H. The third-order valence-electron chi connectivity index (χ3n) is 3.91. The largest absolute Gasteiger partial charge is 1.00 e. The van der Waals surface area contributed by atoms with Gasteiger partial charge in [0.05, 0.1) is 0 Å². The lowest BCUT2D eigenvalue weighted by atomic mass is 10.2. The van der Waals surface area contributed by atoms with Crippen LogP contribution in [-0.2, 0) is 6.54 Å². The molecule has 2 aromatic rings. The van der Waals surface area contributed by atoms with Crippen molar-refractivity contribution in [2.45, 2.75) is 6.54 Å². The van der Waals surface area contributed by atoms with Crippen LogP contribution in [0.2, 0.25) is 0 Å². The first-order chi connectivity index (χ1) is 12.6. The van der Waals surface area contributed by atoms with Crippen LogP contribution in [0.3, 0.4) is 0 Å². The summed E-state index contributed by atoms with van der Waals surface area (Å²) < 4.78 is 14.9. The molecule has 0 atom stereocenters. The first kappa shape index (κ1) is 23.8. The van der Waals surface area contributed by atoms with Gasteiger partial charge in [-0.3, -0.25) is 9.69 Å². The van der Waals surface area contributed by atoms with Crippen LogP contribution in [0.25, 0.3) is 0 Å². The number of amides is 1. The Bertz CT molecular complexity index is 698. The predicted octanol–water partition coefficient (Wildman–Crippen LogP) is -0.325. The van der Waals surface area contributed by atoms with Crippen LogP contribution in [0.1, 0.15) is 15.9 Å². The molecule has 0 spiro atoms. The lowest BCUT2D eigenvalue weighted by Gasteiger charge is -2.19. The van der Waals surface area contributed by atoms with Gasteiger partial charge >= 0.3 is 0 Å². The molecule has 2 rings (SSSR count). The number of carbonyl (C=O) groups is 1. The number of nitrogens with zero attached hydrogens (tertiary/aromatic N) is 2. The van der Waals surface area contributed by atoms with Gasteiger partial charge in [-0.2, -0.15) is 4.57 Å². The Hall–Kier alpha value is -1.21. The maximum atomic E-state index is 13.0. The molecule has 1 aromatic carbocycles. The summed E-state index contributed by atoms with van der Waals surface area (Å²) >= 11 is 11.5. The van der Waals surface area contributed by atoms with Gasteiger partial charge in [0.1, 0.15) is 11.4 Å². The molecular formula is C19H23BrCl2FN3O. The van der Waals surface area contributed by atoms with Crippen LogP contribution in [0.5, 0.6) is 0 Å². The fraction of sp³-hybridized carbons (Fsp3) is 0.368. The van der Waals surface area contributed by atoms with Crippen LogP contribution in [-0.4, -0.2) is 48.7 Å². The Morgan fingerprint density at radius 1 is 1.07 bits per heavy atom. The Morgan fingerprint density at radius 2 is 1.74 bits per heavy atom. The molecule has 8 heteroatoms. The van der Waals surface area contributed by atoms with Gasteiger partial charge in [-0.25, -0.2) is 4.39 Å². The highest BCUT2D eigenvalue weighted by atomic mass is 79.9. The van der Waals surface area contributed by atoms with Crippen molar-refractivity contribution in [1.29, 1.82) is 0 Å². The van der Waals surface area contributed by atoms with E-state index in [1.165, 1.54) is 12.1 Å². The monoisotopic (exact) mass is 477 g/mol. The van der Waals surface area contributed by atoms with Gasteiger partial charge in [0.2, 0.25) is 0 Å². The molecule has 0 aliphatic heterocycles. The SMILES string of the molecule is O=C(NCCN(CCCl)CCCl)c1ccc[n+](Cc2ccc(F)cc2)c1.[Br-]. The molecule has 0 aliphatic carbocycles. The molecule has 0 unspecified atom stereocenters.